The number of benzene rings is 6. The molecule has 0 amide bonds. The number of fused-ring (bicyclic) bond motifs is 3. The topological polar surface area (TPSA) is 43.0 Å². The Hall–Kier alpha value is -6.18. The van der Waals surface area contributed by atoms with Gasteiger partial charge in [0.1, 0.15) is 0 Å². The van der Waals surface area contributed by atoms with Crippen molar-refractivity contribution in [2.75, 3.05) is 0 Å². The Morgan fingerprint density at radius 1 is 0.447 bits per heavy atom. The third-order valence-corrected chi connectivity index (χ3v) is 9.17. The molecule has 0 N–H and O–H groups in total. The second kappa shape index (κ2) is 11.3. The van der Waals surface area contributed by atoms with Crippen molar-refractivity contribution in [3.8, 4) is 67.5 Å². The van der Waals surface area contributed by atoms with E-state index in [2.05, 4.69) is 116 Å². The van der Waals surface area contributed by atoms with Crippen LogP contribution in [-0.4, -0.2) is 15.0 Å². The molecule has 4 nitrogen and oxygen atoms in total. The monoisotopic (exact) mass is 602 g/mol. The molecule has 6 aromatic carbocycles. The number of hydrogen-bond donors (Lipinski definition) is 0. The molecule has 0 saturated carbocycles. The van der Waals surface area contributed by atoms with E-state index in [1.165, 1.54) is 16.7 Å². The van der Waals surface area contributed by atoms with Gasteiger partial charge in [-0.05, 0) is 56.6 Å². The number of nitrogens with zero attached hydrogens (tertiary/aromatic N) is 4. The lowest BCUT2D eigenvalue weighted by Gasteiger charge is -2.21. The Bertz CT molecular complexity index is 2320. The van der Waals surface area contributed by atoms with Crippen molar-refractivity contribution in [3.05, 3.63) is 168 Å². The molecule has 47 heavy (non-hydrogen) atoms. The highest BCUT2D eigenvalue weighted by Gasteiger charge is 2.36. The summed E-state index contributed by atoms with van der Waals surface area (Å²) >= 11 is 0. The van der Waals surface area contributed by atoms with Gasteiger partial charge < -0.3 is 0 Å². The minimum atomic E-state index is -0.167. The van der Waals surface area contributed by atoms with E-state index in [1.54, 1.807) is 0 Å². The first kappa shape index (κ1) is 28.3. The number of aromatic nitrogens is 3. The maximum Gasteiger partial charge on any atom is 0.195 e. The normalized spacial score (nSPS) is 12.6. The van der Waals surface area contributed by atoms with Gasteiger partial charge in [-0.1, -0.05) is 147 Å². The van der Waals surface area contributed by atoms with E-state index in [1.807, 2.05) is 48.5 Å². The standard InChI is InChI=1S/C43H30N4/c1-43(2)36-25-24-33(27-35(36)39-37(43)18-11-19-38(39)44-3)32-16-10-17-34(26-32)42-46-40(30-14-8-5-9-15-30)45-41(47-42)31-22-20-29(21-23-31)28-12-6-4-7-13-28/h4-27H,1-2H3. The van der Waals surface area contributed by atoms with Gasteiger partial charge in [0, 0.05) is 22.1 Å². The second-order valence-corrected chi connectivity index (χ2v) is 12.4. The van der Waals surface area contributed by atoms with Gasteiger partial charge in [0.25, 0.3) is 0 Å². The van der Waals surface area contributed by atoms with Crippen LogP contribution in [0.2, 0.25) is 0 Å². The van der Waals surface area contributed by atoms with E-state index < -0.39 is 0 Å². The molecule has 0 atom stereocenters. The molecular formula is C43H30N4. The van der Waals surface area contributed by atoms with Gasteiger partial charge in [-0.2, -0.15) is 0 Å². The number of hydrogen-bond acceptors (Lipinski definition) is 3. The lowest BCUT2D eigenvalue weighted by atomic mass is 9.82. The highest BCUT2D eigenvalue weighted by molar-refractivity contribution is 5.92. The smallest absolute Gasteiger partial charge is 0.195 e. The molecule has 1 aromatic heterocycles. The molecule has 1 aliphatic carbocycles. The maximum absolute atomic E-state index is 7.84. The van der Waals surface area contributed by atoms with Crippen molar-refractivity contribution >= 4 is 5.69 Å². The summed E-state index contributed by atoms with van der Waals surface area (Å²) in [7, 11) is 0. The third-order valence-electron chi connectivity index (χ3n) is 9.17. The molecule has 0 radical (unpaired) electrons. The Balaban J connectivity index is 1.22. The van der Waals surface area contributed by atoms with Gasteiger partial charge in [0.15, 0.2) is 23.2 Å². The maximum atomic E-state index is 7.84. The fraction of sp³-hybridized carbons (Fsp3) is 0.0698. The summed E-state index contributed by atoms with van der Waals surface area (Å²) in [6, 6.07) is 49.9. The minimum Gasteiger partial charge on any atom is -0.238 e. The van der Waals surface area contributed by atoms with E-state index in [0.717, 1.165) is 44.5 Å². The molecular weight excluding hydrogens is 573 g/mol. The first-order chi connectivity index (χ1) is 23.0. The molecule has 7 aromatic rings. The quantitative estimate of drug-likeness (QED) is 0.184. The van der Waals surface area contributed by atoms with Crippen molar-refractivity contribution < 1.29 is 0 Å². The summed E-state index contributed by atoms with van der Waals surface area (Å²) in [5, 5.41) is 0. The lowest BCUT2D eigenvalue weighted by Crippen LogP contribution is -2.14. The number of rotatable bonds is 5. The molecule has 222 valence electrons. The molecule has 1 heterocycles. The summed E-state index contributed by atoms with van der Waals surface area (Å²) in [5.41, 5.74) is 12.4. The van der Waals surface area contributed by atoms with Crippen LogP contribution < -0.4 is 0 Å². The average molecular weight is 603 g/mol. The Labute approximate surface area is 274 Å². The fourth-order valence-corrected chi connectivity index (χ4v) is 6.69. The molecule has 8 rings (SSSR count). The summed E-state index contributed by atoms with van der Waals surface area (Å²) in [6.45, 7) is 12.3. The molecule has 0 fully saturated rings. The van der Waals surface area contributed by atoms with Crippen molar-refractivity contribution in [1.29, 1.82) is 0 Å². The van der Waals surface area contributed by atoms with Gasteiger partial charge in [0.05, 0.1) is 6.57 Å². The highest BCUT2D eigenvalue weighted by Crippen LogP contribution is 2.53. The minimum absolute atomic E-state index is 0.167. The van der Waals surface area contributed by atoms with Gasteiger partial charge in [-0.15, -0.1) is 0 Å². The van der Waals surface area contributed by atoms with E-state index in [0.29, 0.717) is 23.2 Å². The molecule has 0 aliphatic heterocycles. The summed E-state index contributed by atoms with van der Waals surface area (Å²) in [5.74, 6) is 1.87. The molecule has 0 bridgehead atoms. The van der Waals surface area contributed by atoms with Crippen LogP contribution in [0.1, 0.15) is 25.0 Å². The van der Waals surface area contributed by atoms with Crippen molar-refractivity contribution in [3.63, 3.8) is 0 Å². The molecule has 0 spiro atoms. The van der Waals surface area contributed by atoms with E-state index in [9.17, 15) is 0 Å². The summed E-state index contributed by atoms with van der Waals surface area (Å²) < 4.78 is 0. The van der Waals surface area contributed by atoms with Gasteiger partial charge in [-0.25, -0.2) is 19.8 Å². The van der Waals surface area contributed by atoms with Gasteiger partial charge >= 0.3 is 0 Å². The Morgan fingerprint density at radius 3 is 1.62 bits per heavy atom. The van der Waals surface area contributed by atoms with Crippen LogP contribution in [-0.2, 0) is 5.41 Å². The van der Waals surface area contributed by atoms with Gasteiger partial charge in [0.2, 0.25) is 0 Å². The zero-order chi connectivity index (χ0) is 32.0. The van der Waals surface area contributed by atoms with Crippen LogP contribution >= 0.6 is 0 Å². The lowest BCUT2D eigenvalue weighted by molar-refractivity contribution is 0.660. The zero-order valence-electron chi connectivity index (χ0n) is 26.1. The predicted octanol–water partition coefficient (Wildman–Crippen LogP) is 11.1. The van der Waals surface area contributed by atoms with Crippen LogP contribution in [0.3, 0.4) is 0 Å². The molecule has 0 saturated heterocycles. The molecule has 0 unspecified atom stereocenters. The van der Waals surface area contributed by atoms with Crippen LogP contribution in [0.4, 0.5) is 5.69 Å². The van der Waals surface area contributed by atoms with E-state index in [4.69, 9.17) is 21.5 Å². The van der Waals surface area contributed by atoms with E-state index in [-0.39, 0.29) is 5.41 Å². The summed E-state index contributed by atoms with van der Waals surface area (Å²) in [4.78, 5) is 18.8. The highest BCUT2D eigenvalue weighted by atomic mass is 15.0. The second-order valence-electron chi connectivity index (χ2n) is 12.4. The SMILES string of the molecule is [C-]#[N+]c1cccc2c1-c1cc(-c3cccc(-c4nc(-c5ccccc5)nc(-c5ccc(-c6ccccc6)cc5)n4)c3)ccc1C2(C)C. The largest absolute Gasteiger partial charge is 0.238 e. The van der Waals surface area contributed by atoms with Crippen molar-refractivity contribution in [1.82, 2.24) is 15.0 Å². The van der Waals surface area contributed by atoms with Gasteiger partial charge in [-0.3, -0.25) is 0 Å². The average Bonchev–Trinajstić information content (AvgIpc) is 3.38. The Kier molecular flexibility index (Phi) is 6.82. The predicted molar refractivity (Wildman–Crippen MR) is 191 cm³/mol. The molecule has 1 aliphatic rings. The van der Waals surface area contributed by atoms with Crippen LogP contribution in [0.5, 0.6) is 0 Å². The van der Waals surface area contributed by atoms with Crippen LogP contribution in [0, 0.1) is 6.57 Å². The first-order valence-corrected chi connectivity index (χ1v) is 15.7. The first-order valence-electron chi connectivity index (χ1n) is 15.7. The van der Waals surface area contributed by atoms with Crippen LogP contribution in [0.25, 0.3) is 72.4 Å². The fourth-order valence-electron chi connectivity index (χ4n) is 6.69. The van der Waals surface area contributed by atoms with Crippen molar-refractivity contribution in [2.45, 2.75) is 19.3 Å². The molecule has 4 heteroatoms. The zero-order valence-corrected chi connectivity index (χ0v) is 26.1. The Morgan fingerprint density at radius 2 is 0.936 bits per heavy atom. The van der Waals surface area contributed by atoms with Crippen molar-refractivity contribution in [2.24, 2.45) is 0 Å². The summed E-state index contributed by atoms with van der Waals surface area (Å²) in [6.07, 6.45) is 0. The van der Waals surface area contributed by atoms with E-state index >= 15 is 0 Å². The third kappa shape index (κ3) is 4.99. The van der Waals surface area contributed by atoms with Crippen LogP contribution in [0.15, 0.2) is 146 Å².